The van der Waals surface area contributed by atoms with E-state index >= 15 is 0 Å². The maximum atomic E-state index is 12.6. The van der Waals surface area contributed by atoms with Crippen LogP contribution in [0.15, 0.2) is 24.3 Å². The summed E-state index contributed by atoms with van der Waals surface area (Å²) < 4.78 is 0. The SMILES string of the molecule is CC(C)Cc1ccc(CN2CCCC(NC(=O)C3CCN(C)CC3)C2)cc1. The van der Waals surface area contributed by atoms with Crippen LogP contribution >= 0.6 is 0 Å². The van der Waals surface area contributed by atoms with E-state index in [1.54, 1.807) is 0 Å². The van der Waals surface area contributed by atoms with E-state index in [1.165, 1.54) is 17.5 Å². The third kappa shape index (κ3) is 6.32. The first-order valence-electron chi connectivity index (χ1n) is 10.8. The zero-order valence-corrected chi connectivity index (χ0v) is 17.4. The first kappa shape index (κ1) is 20.3. The smallest absolute Gasteiger partial charge is 0.223 e. The Kier molecular flexibility index (Phi) is 7.31. The quantitative estimate of drug-likeness (QED) is 0.833. The van der Waals surface area contributed by atoms with Gasteiger partial charge in [0.15, 0.2) is 0 Å². The lowest BCUT2D eigenvalue weighted by Gasteiger charge is -2.35. The Morgan fingerprint density at radius 3 is 2.41 bits per heavy atom. The van der Waals surface area contributed by atoms with E-state index in [2.05, 4.69) is 60.3 Å². The number of carbonyl (C=O) groups excluding carboxylic acids is 1. The van der Waals surface area contributed by atoms with Gasteiger partial charge in [-0.25, -0.2) is 0 Å². The summed E-state index contributed by atoms with van der Waals surface area (Å²) in [6.45, 7) is 9.72. The fourth-order valence-corrected chi connectivity index (χ4v) is 4.42. The Hall–Kier alpha value is -1.39. The Morgan fingerprint density at radius 1 is 1.07 bits per heavy atom. The van der Waals surface area contributed by atoms with Crippen LogP contribution in [0.1, 0.15) is 50.7 Å². The third-order valence-corrected chi connectivity index (χ3v) is 6.01. The van der Waals surface area contributed by atoms with Gasteiger partial charge in [0.05, 0.1) is 0 Å². The van der Waals surface area contributed by atoms with Crippen LogP contribution in [-0.2, 0) is 17.8 Å². The number of hydrogen-bond donors (Lipinski definition) is 1. The molecule has 4 nitrogen and oxygen atoms in total. The molecule has 1 aromatic carbocycles. The Bertz CT molecular complexity index is 590. The van der Waals surface area contributed by atoms with Crippen molar-refractivity contribution < 1.29 is 4.79 Å². The van der Waals surface area contributed by atoms with Crippen molar-refractivity contribution >= 4 is 5.91 Å². The minimum absolute atomic E-state index is 0.213. The summed E-state index contributed by atoms with van der Waals surface area (Å²) in [6.07, 6.45) is 5.43. The fourth-order valence-electron chi connectivity index (χ4n) is 4.42. The molecular weight excluding hydrogens is 334 g/mol. The predicted octanol–water partition coefficient (Wildman–Crippen LogP) is 3.31. The van der Waals surface area contributed by atoms with E-state index < -0.39 is 0 Å². The van der Waals surface area contributed by atoms with Crippen LogP contribution in [-0.4, -0.2) is 55.0 Å². The highest BCUT2D eigenvalue weighted by Gasteiger charge is 2.27. The van der Waals surface area contributed by atoms with Crippen molar-refractivity contribution in [2.24, 2.45) is 11.8 Å². The lowest BCUT2D eigenvalue weighted by molar-refractivity contribution is -0.127. The highest BCUT2D eigenvalue weighted by atomic mass is 16.2. The van der Waals surface area contributed by atoms with Gasteiger partial charge in [0.1, 0.15) is 0 Å². The largest absolute Gasteiger partial charge is 0.352 e. The molecule has 0 radical (unpaired) electrons. The van der Waals surface area contributed by atoms with Crippen molar-refractivity contribution in [3.05, 3.63) is 35.4 Å². The molecule has 0 spiro atoms. The number of nitrogens with one attached hydrogen (secondary N) is 1. The number of nitrogens with zero attached hydrogens (tertiary/aromatic N) is 2. The second kappa shape index (κ2) is 9.70. The average molecular weight is 372 g/mol. The molecule has 3 rings (SSSR count). The average Bonchev–Trinajstić information content (AvgIpc) is 2.64. The summed E-state index contributed by atoms with van der Waals surface area (Å²) >= 11 is 0. The molecule has 2 fully saturated rings. The maximum absolute atomic E-state index is 12.6. The molecule has 0 bridgehead atoms. The molecular formula is C23H37N3O. The van der Waals surface area contributed by atoms with E-state index in [0.29, 0.717) is 12.0 Å². The summed E-state index contributed by atoms with van der Waals surface area (Å²) in [6, 6.07) is 9.42. The van der Waals surface area contributed by atoms with Crippen molar-refractivity contribution in [2.75, 3.05) is 33.2 Å². The molecule has 0 aromatic heterocycles. The van der Waals surface area contributed by atoms with E-state index in [0.717, 1.165) is 58.4 Å². The number of amides is 1. The zero-order chi connectivity index (χ0) is 19.2. The lowest BCUT2D eigenvalue weighted by atomic mass is 9.95. The normalized spacial score (nSPS) is 22.9. The molecule has 2 aliphatic heterocycles. The maximum Gasteiger partial charge on any atom is 0.223 e. The number of piperidine rings is 2. The molecule has 4 heteroatoms. The minimum Gasteiger partial charge on any atom is -0.352 e. The van der Waals surface area contributed by atoms with E-state index in [1.807, 2.05) is 0 Å². The summed E-state index contributed by atoms with van der Waals surface area (Å²) in [7, 11) is 2.14. The van der Waals surface area contributed by atoms with Crippen molar-refractivity contribution in [3.8, 4) is 0 Å². The lowest BCUT2D eigenvalue weighted by Crippen LogP contribution is -2.50. The second-order valence-electron chi connectivity index (χ2n) is 9.07. The van der Waals surface area contributed by atoms with Gasteiger partial charge >= 0.3 is 0 Å². The Labute approximate surface area is 165 Å². The molecule has 2 heterocycles. The molecule has 0 aliphatic carbocycles. The molecule has 1 N–H and O–H groups in total. The number of carbonyl (C=O) groups is 1. The number of hydrogen-bond acceptors (Lipinski definition) is 3. The van der Waals surface area contributed by atoms with Crippen molar-refractivity contribution in [1.82, 2.24) is 15.1 Å². The first-order chi connectivity index (χ1) is 13.0. The Balaban J connectivity index is 1.47. The molecule has 1 amide bonds. The molecule has 1 unspecified atom stereocenters. The van der Waals surface area contributed by atoms with Crippen LogP contribution < -0.4 is 5.32 Å². The molecule has 1 aromatic rings. The standard InChI is InChI=1S/C23H37N3O/c1-18(2)15-19-6-8-20(9-7-19)16-26-12-4-5-22(17-26)24-23(27)21-10-13-25(3)14-11-21/h6-9,18,21-22H,4-5,10-17H2,1-3H3,(H,24,27). The van der Waals surface area contributed by atoms with E-state index in [4.69, 9.17) is 0 Å². The topological polar surface area (TPSA) is 35.6 Å². The van der Waals surface area contributed by atoms with Crippen molar-refractivity contribution in [3.63, 3.8) is 0 Å². The van der Waals surface area contributed by atoms with Crippen LogP contribution in [0, 0.1) is 11.8 Å². The van der Waals surface area contributed by atoms with Crippen LogP contribution in [0.25, 0.3) is 0 Å². The summed E-state index contributed by atoms with van der Waals surface area (Å²) in [5.74, 6) is 1.20. The van der Waals surface area contributed by atoms with Gasteiger partial charge in [-0.1, -0.05) is 38.1 Å². The summed E-state index contributed by atoms with van der Waals surface area (Å²) in [5.41, 5.74) is 2.81. The van der Waals surface area contributed by atoms with Crippen LogP contribution in [0.2, 0.25) is 0 Å². The van der Waals surface area contributed by atoms with Crippen molar-refractivity contribution in [2.45, 2.75) is 58.5 Å². The predicted molar refractivity (Wildman–Crippen MR) is 112 cm³/mol. The second-order valence-corrected chi connectivity index (χ2v) is 9.07. The first-order valence-corrected chi connectivity index (χ1v) is 10.8. The van der Waals surface area contributed by atoms with Crippen molar-refractivity contribution in [1.29, 1.82) is 0 Å². The van der Waals surface area contributed by atoms with Gasteiger partial charge in [-0.2, -0.15) is 0 Å². The number of likely N-dealkylation sites (tertiary alicyclic amines) is 2. The van der Waals surface area contributed by atoms with Gasteiger partial charge in [0, 0.05) is 25.0 Å². The van der Waals surface area contributed by atoms with Gasteiger partial charge in [-0.05, 0) is 75.8 Å². The summed E-state index contributed by atoms with van der Waals surface area (Å²) in [4.78, 5) is 17.4. The highest BCUT2D eigenvalue weighted by Crippen LogP contribution is 2.19. The molecule has 150 valence electrons. The third-order valence-electron chi connectivity index (χ3n) is 6.01. The van der Waals surface area contributed by atoms with Gasteiger partial charge in [0.2, 0.25) is 5.91 Å². The summed E-state index contributed by atoms with van der Waals surface area (Å²) in [5, 5.41) is 3.35. The molecule has 2 saturated heterocycles. The zero-order valence-electron chi connectivity index (χ0n) is 17.4. The molecule has 2 aliphatic rings. The van der Waals surface area contributed by atoms with Crippen LogP contribution in [0.3, 0.4) is 0 Å². The van der Waals surface area contributed by atoms with E-state index in [-0.39, 0.29) is 11.8 Å². The minimum atomic E-state index is 0.213. The van der Waals surface area contributed by atoms with Gasteiger partial charge in [0.25, 0.3) is 0 Å². The van der Waals surface area contributed by atoms with Gasteiger partial charge in [-0.15, -0.1) is 0 Å². The van der Waals surface area contributed by atoms with E-state index in [9.17, 15) is 4.79 Å². The van der Waals surface area contributed by atoms with Crippen LogP contribution in [0.4, 0.5) is 0 Å². The monoisotopic (exact) mass is 371 g/mol. The molecule has 1 atom stereocenters. The highest BCUT2D eigenvalue weighted by molar-refractivity contribution is 5.79. The fraction of sp³-hybridized carbons (Fsp3) is 0.696. The van der Waals surface area contributed by atoms with Gasteiger partial charge < -0.3 is 10.2 Å². The number of rotatable bonds is 6. The number of benzene rings is 1. The van der Waals surface area contributed by atoms with Crippen LogP contribution in [0.5, 0.6) is 0 Å². The molecule has 0 saturated carbocycles. The molecule has 27 heavy (non-hydrogen) atoms. The Morgan fingerprint density at radius 2 is 1.74 bits per heavy atom. The van der Waals surface area contributed by atoms with Gasteiger partial charge in [-0.3, -0.25) is 9.69 Å².